The second-order valence-electron chi connectivity index (χ2n) is 3.69. The number of carbonyl (C=O) groups is 1. The summed E-state index contributed by atoms with van der Waals surface area (Å²) in [6.07, 6.45) is 2.14. The number of aromatic nitrogens is 1. The van der Waals surface area contributed by atoms with Gasteiger partial charge in [0, 0.05) is 24.2 Å². The van der Waals surface area contributed by atoms with E-state index in [0.29, 0.717) is 13.1 Å². The summed E-state index contributed by atoms with van der Waals surface area (Å²) in [6, 6.07) is 0. The number of hydrogen-bond acceptors (Lipinski definition) is 4. The minimum Gasteiger partial charge on any atom is -0.355 e. The van der Waals surface area contributed by atoms with Crippen molar-refractivity contribution in [2.45, 2.75) is 33.2 Å². The zero-order valence-electron chi connectivity index (χ0n) is 9.88. The van der Waals surface area contributed by atoms with E-state index in [1.54, 1.807) is 11.3 Å². The molecular formula is C11H19N3OS. The Balaban J connectivity index is 2.08. The molecule has 90 valence electrons. The van der Waals surface area contributed by atoms with Crippen LogP contribution in [0.4, 0.5) is 0 Å². The molecule has 1 aromatic rings. The van der Waals surface area contributed by atoms with E-state index < -0.39 is 0 Å². The zero-order chi connectivity index (χ0) is 11.8. The van der Waals surface area contributed by atoms with Crippen molar-refractivity contribution in [2.24, 2.45) is 0 Å². The third-order valence-corrected chi connectivity index (χ3v) is 3.05. The molecule has 4 nitrogen and oxygen atoms in total. The Labute approximate surface area is 100 Å². The van der Waals surface area contributed by atoms with Crippen molar-refractivity contribution < 1.29 is 4.79 Å². The number of aryl methyl sites for hydroxylation is 1. The molecule has 0 aliphatic carbocycles. The molecular weight excluding hydrogens is 222 g/mol. The summed E-state index contributed by atoms with van der Waals surface area (Å²) in [6.45, 7) is 5.88. The quantitative estimate of drug-likeness (QED) is 0.711. The van der Waals surface area contributed by atoms with Gasteiger partial charge in [-0.05, 0) is 13.3 Å². The van der Waals surface area contributed by atoms with Crippen LogP contribution in [0, 0.1) is 6.92 Å². The van der Waals surface area contributed by atoms with Crippen molar-refractivity contribution in [2.75, 3.05) is 13.1 Å². The number of nitrogens with one attached hydrogen (secondary N) is 2. The first-order valence-electron chi connectivity index (χ1n) is 5.60. The second kappa shape index (κ2) is 7.35. The minimum atomic E-state index is 0.0572. The summed E-state index contributed by atoms with van der Waals surface area (Å²) in [7, 11) is 0. The third-order valence-electron chi connectivity index (χ3n) is 2.08. The molecule has 1 rings (SSSR count). The van der Waals surface area contributed by atoms with Gasteiger partial charge in [-0.15, -0.1) is 11.3 Å². The SMILES string of the molecule is CCCCNC(=O)CNCc1nc(C)cs1. The maximum absolute atomic E-state index is 11.3. The molecule has 0 aliphatic rings. The first-order chi connectivity index (χ1) is 7.72. The highest BCUT2D eigenvalue weighted by atomic mass is 32.1. The Bertz CT molecular complexity index is 325. The van der Waals surface area contributed by atoms with Crippen LogP contribution < -0.4 is 10.6 Å². The standard InChI is InChI=1S/C11H19N3OS/c1-3-4-5-13-10(15)6-12-7-11-14-9(2)8-16-11/h8,12H,3-7H2,1-2H3,(H,13,15). The van der Waals surface area contributed by atoms with Crippen molar-refractivity contribution >= 4 is 17.2 Å². The predicted molar refractivity (Wildman–Crippen MR) is 66.5 cm³/mol. The van der Waals surface area contributed by atoms with Crippen LogP contribution in [0.5, 0.6) is 0 Å². The molecule has 5 heteroatoms. The van der Waals surface area contributed by atoms with E-state index in [-0.39, 0.29) is 5.91 Å². The van der Waals surface area contributed by atoms with Crippen LogP contribution in [-0.2, 0) is 11.3 Å². The highest BCUT2D eigenvalue weighted by Crippen LogP contribution is 2.07. The number of amides is 1. The molecule has 0 unspecified atom stereocenters. The van der Waals surface area contributed by atoms with Gasteiger partial charge in [0.05, 0.1) is 6.54 Å². The number of unbranched alkanes of at least 4 members (excludes halogenated alkanes) is 1. The van der Waals surface area contributed by atoms with Gasteiger partial charge >= 0.3 is 0 Å². The van der Waals surface area contributed by atoms with E-state index in [0.717, 1.165) is 30.1 Å². The fourth-order valence-electron chi connectivity index (χ4n) is 1.23. The fourth-order valence-corrected chi connectivity index (χ4v) is 1.98. The van der Waals surface area contributed by atoms with Crippen molar-refractivity contribution in [1.29, 1.82) is 0 Å². The zero-order valence-corrected chi connectivity index (χ0v) is 10.7. The summed E-state index contributed by atoms with van der Waals surface area (Å²) in [5.41, 5.74) is 1.04. The van der Waals surface area contributed by atoms with Crippen LogP contribution >= 0.6 is 11.3 Å². The molecule has 1 heterocycles. The van der Waals surface area contributed by atoms with E-state index in [1.807, 2.05) is 12.3 Å². The van der Waals surface area contributed by atoms with Gasteiger partial charge in [-0.2, -0.15) is 0 Å². The number of nitrogens with zero attached hydrogens (tertiary/aromatic N) is 1. The average Bonchev–Trinajstić information content (AvgIpc) is 2.65. The van der Waals surface area contributed by atoms with Gasteiger partial charge < -0.3 is 10.6 Å². The molecule has 0 saturated heterocycles. The lowest BCUT2D eigenvalue weighted by Gasteiger charge is -2.04. The van der Waals surface area contributed by atoms with E-state index in [4.69, 9.17) is 0 Å². The topological polar surface area (TPSA) is 54.0 Å². The largest absolute Gasteiger partial charge is 0.355 e. The van der Waals surface area contributed by atoms with Crippen LogP contribution in [0.15, 0.2) is 5.38 Å². The van der Waals surface area contributed by atoms with Gasteiger partial charge in [0.25, 0.3) is 0 Å². The summed E-state index contributed by atoms with van der Waals surface area (Å²) < 4.78 is 0. The lowest BCUT2D eigenvalue weighted by molar-refractivity contribution is -0.120. The first-order valence-corrected chi connectivity index (χ1v) is 6.48. The van der Waals surface area contributed by atoms with Gasteiger partial charge in [-0.25, -0.2) is 4.98 Å². The van der Waals surface area contributed by atoms with E-state index >= 15 is 0 Å². The van der Waals surface area contributed by atoms with Crippen molar-refractivity contribution in [1.82, 2.24) is 15.6 Å². The number of carbonyl (C=O) groups excluding carboxylic acids is 1. The number of rotatable bonds is 7. The number of hydrogen-bond donors (Lipinski definition) is 2. The Morgan fingerprint density at radius 1 is 1.56 bits per heavy atom. The lowest BCUT2D eigenvalue weighted by atomic mass is 10.3. The van der Waals surface area contributed by atoms with E-state index in [9.17, 15) is 4.79 Å². The molecule has 16 heavy (non-hydrogen) atoms. The highest BCUT2D eigenvalue weighted by molar-refractivity contribution is 7.09. The van der Waals surface area contributed by atoms with Crippen LogP contribution in [0.2, 0.25) is 0 Å². The maximum atomic E-state index is 11.3. The molecule has 0 saturated carbocycles. The van der Waals surface area contributed by atoms with Gasteiger partial charge in [-0.3, -0.25) is 4.79 Å². The highest BCUT2D eigenvalue weighted by Gasteiger charge is 2.01. The van der Waals surface area contributed by atoms with Gasteiger partial charge in [-0.1, -0.05) is 13.3 Å². The molecule has 0 atom stereocenters. The fraction of sp³-hybridized carbons (Fsp3) is 0.636. The summed E-state index contributed by atoms with van der Waals surface area (Å²) >= 11 is 1.62. The van der Waals surface area contributed by atoms with E-state index in [2.05, 4.69) is 22.5 Å². The average molecular weight is 241 g/mol. The molecule has 0 spiro atoms. The van der Waals surface area contributed by atoms with Crippen LogP contribution in [0.25, 0.3) is 0 Å². The second-order valence-corrected chi connectivity index (χ2v) is 4.63. The van der Waals surface area contributed by atoms with Crippen molar-refractivity contribution in [3.8, 4) is 0 Å². The predicted octanol–water partition coefficient (Wildman–Crippen LogP) is 1.46. The van der Waals surface area contributed by atoms with Gasteiger partial charge in [0.1, 0.15) is 5.01 Å². The van der Waals surface area contributed by atoms with Gasteiger partial charge in [0.2, 0.25) is 5.91 Å². The normalized spacial score (nSPS) is 10.4. The minimum absolute atomic E-state index is 0.0572. The molecule has 0 aromatic carbocycles. The van der Waals surface area contributed by atoms with E-state index in [1.165, 1.54) is 0 Å². The Morgan fingerprint density at radius 2 is 2.38 bits per heavy atom. The third kappa shape index (κ3) is 5.23. The van der Waals surface area contributed by atoms with Crippen LogP contribution in [-0.4, -0.2) is 24.0 Å². The van der Waals surface area contributed by atoms with Crippen LogP contribution in [0.3, 0.4) is 0 Å². The number of thiazole rings is 1. The first kappa shape index (κ1) is 13.1. The van der Waals surface area contributed by atoms with Crippen LogP contribution in [0.1, 0.15) is 30.5 Å². The molecule has 0 bridgehead atoms. The molecule has 0 radical (unpaired) electrons. The molecule has 1 amide bonds. The lowest BCUT2D eigenvalue weighted by Crippen LogP contribution is -2.34. The Morgan fingerprint density at radius 3 is 3.00 bits per heavy atom. The van der Waals surface area contributed by atoms with Gasteiger partial charge in [0.15, 0.2) is 0 Å². The summed E-state index contributed by atoms with van der Waals surface area (Å²) in [5.74, 6) is 0.0572. The summed E-state index contributed by atoms with van der Waals surface area (Å²) in [4.78, 5) is 15.6. The van der Waals surface area contributed by atoms with Crippen molar-refractivity contribution in [3.63, 3.8) is 0 Å². The smallest absolute Gasteiger partial charge is 0.233 e. The molecule has 1 aromatic heterocycles. The molecule has 0 aliphatic heterocycles. The Hall–Kier alpha value is -0.940. The summed E-state index contributed by atoms with van der Waals surface area (Å²) in [5, 5.41) is 8.97. The van der Waals surface area contributed by atoms with Crippen molar-refractivity contribution in [3.05, 3.63) is 16.1 Å². The monoisotopic (exact) mass is 241 g/mol. The molecule has 0 fully saturated rings. The molecule has 2 N–H and O–H groups in total. The Kier molecular flexibility index (Phi) is 6.03. The maximum Gasteiger partial charge on any atom is 0.233 e.